The minimum atomic E-state index is -1.09. The van der Waals surface area contributed by atoms with Gasteiger partial charge in [-0.3, -0.25) is 4.98 Å². The Morgan fingerprint density at radius 2 is 2.38 bits per heavy atom. The fourth-order valence-corrected chi connectivity index (χ4v) is 1.12. The first kappa shape index (κ1) is 9.93. The van der Waals surface area contributed by atoms with Gasteiger partial charge in [-0.25, -0.2) is 4.85 Å². The van der Waals surface area contributed by atoms with E-state index in [9.17, 15) is 5.11 Å². The van der Waals surface area contributed by atoms with Crippen LogP contribution >= 0.6 is 11.6 Å². The summed E-state index contributed by atoms with van der Waals surface area (Å²) in [5, 5.41) is 18.0. The zero-order valence-corrected chi connectivity index (χ0v) is 7.36. The number of aliphatic hydroxyl groups is 2. The van der Waals surface area contributed by atoms with E-state index < -0.39 is 12.7 Å². The summed E-state index contributed by atoms with van der Waals surface area (Å²) in [4.78, 5) is 6.88. The SMILES string of the molecule is [C-]#[N+]c1cnc(C(O)CO)c(Cl)c1. The van der Waals surface area contributed by atoms with Crippen LogP contribution in [0.3, 0.4) is 0 Å². The summed E-state index contributed by atoms with van der Waals surface area (Å²) in [6.45, 7) is 6.24. The van der Waals surface area contributed by atoms with E-state index in [1.165, 1.54) is 12.3 Å². The average molecular weight is 199 g/mol. The van der Waals surface area contributed by atoms with Crippen LogP contribution in [0, 0.1) is 6.57 Å². The second kappa shape index (κ2) is 4.19. The molecule has 5 heteroatoms. The van der Waals surface area contributed by atoms with E-state index >= 15 is 0 Å². The Morgan fingerprint density at radius 1 is 1.69 bits per heavy atom. The molecule has 2 N–H and O–H groups in total. The van der Waals surface area contributed by atoms with Crippen LogP contribution in [0.2, 0.25) is 5.02 Å². The van der Waals surface area contributed by atoms with Crippen molar-refractivity contribution < 1.29 is 10.2 Å². The second-order valence-corrected chi connectivity index (χ2v) is 2.78. The molecular formula is C8H7ClN2O2. The van der Waals surface area contributed by atoms with Crippen LogP contribution < -0.4 is 0 Å². The second-order valence-electron chi connectivity index (χ2n) is 2.37. The van der Waals surface area contributed by atoms with Crippen molar-refractivity contribution in [2.45, 2.75) is 6.10 Å². The van der Waals surface area contributed by atoms with Crippen molar-refractivity contribution in [2.75, 3.05) is 6.61 Å². The first-order valence-corrected chi connectivity index (χ1v) is 3.88. The minimum Gasteiger partial charge on any atom is -0.393 e. The molecule has 1 aromatic rings. The van der Waals surface area contributed by atoms with Crippen LogP contribution in [-0.2, 0) is 0 Å². The molecule has 1 rings (SSSR count). The smallest absolute Gasteiger partial charge is 0.206 e. The summed E-state index contributed by atoms with van der Waals surface area (Å²) in [7, 11) is 0. The van der Waals surface area contributed by atoms with E-state index in [4.69, 9.17) is 23.3 Å². The van der Waals surface area contributed by atoms with Gasteiger partial charge >= 0.3 is 0 Å². The van der Waals surface area contributed by atoms with Gasteiger partial charge in [-0.2, -0.15) is 0 Å². The molecule has 1 unspecified atom stereocenters. The van der Waals surface area contributed by atoms with Crippen LogP contribution in [0.5, 0.6) is 0 Å². The zero-order chi connectivity index (χ0) is 9.84. The first-order valence-electron chi connectivity index (χ1n) is 3.51. The van der Waals surface area contributed by atoms with Crippen molar-refractivity contribution in [1.29, 1.82) is 0 Å². The molecule has 0 bridgehead atoms. The van der Waals surface area contributed by atoms with Gasteiger partial charge in [0.05, 0.1) is 23.9 Å². The van der Waals surface area contributed by atoms with Gasteiger partial charge in [0, 0.05) is 6.20 Å². The van der Waals surface area contributed by atoms with Crippen LogP contribution in [0.4, 0.5) is 5.69 Å². The fourth-order valence-electron chi connectivity index (χ4n) is 0.831. The molecular weight excluding hydrogens is 192 g/mol. The number of pyridine rings is 1. The van der Waals surface area contributed by atoms with Crippen molar-refractivity contribution in [2.24, 2.45) is 0 Å². The number of hydrogen-bond donors (Lipinski definition) is 2. The topological polar surface area (TPSA) is 57.7 Å². The van der Waals surface area contributed by atoms with Crippen LogP contribution in [-0.4, -0.2) is 21.8 Å². The van der Waals surface area contributed by atoms with Crippen LogP contribution in [0.1, 0.15) is 11.8 Å². The van der Waals surface area contributed by atoms with E-state index in [1.54, 1.807) is 0 Å². The third kappa shape index (κ3) is 2.16. The molecule has 0 aliphatic heterocycles. The maximum absolute atomic E-state index is 9.20. The van der Waals surface area contributed by atoms with Gasteiger partial charge in [0.2, 0.25) is 5.69 Å². The fraction of sp³-hybridized carbons (Fsp3) is 0.250. The molecule has 0 fully saturated rings. The number of halogens is 1. The molecule has 0 saturated heterocycles. The highest BCUT2D eigenvalue weighted by Gasteiger charge is 2.12. The highest BCUT2D eigenvalue weighted by atomic mass is 35.5. The van der Waals surface area contributed by atoms with Gasteiger partial charge in [0.1, 0.15) is 6.10 Å². The molecule has 0 aromatic carbocycles. The summed E-state index contributed by atoms with van der Waals surface area (Å²) in [6, 6.07) is 1.40. The van der Waals surface area contributed by atoms with Crippen molar-refractivity contribution in [3.8, 4) is 0 Å². The normalized spacial score (nSPS) is 12.2. The van der Waals surface area contributed by atoms with Crippen molar-refractivity contribution in [3.63, 3.8) is 0 Å². The molecule has 1 aromatic heterocycles. The summed E-state index contributed by atoms with van der Waals surface area (Å²) < 4.78 is 0. The van der Waals surface area contributed by atoms with Crippen molar-refractivity contribution >= 4 is 17.3 Å². The third-order valence-corrected chi connectivity index (χ3v) is 1.78. The lowest BCUT2D eigenvalue weighted by Gasteiger charge is -2.07. The highest BCUT2D eigenvalue weighted by Crippen LogP contribution is 2.24. The Bertz CT molecular complexity index is 348. The maximum Gasteiger partial charge on any atom is 0.206 e. The lowest BCUT2D eigenvalue weighted by molar-refractivity contribution is 0.0924. The molecule has 4 nitrogen and oxygen atoms in total. The van der Waals surface area contributed by atoms with Crippen LogP contribution in [0.25, 0.3) is 4.85 Å². The molecule has 68 valence electrons. The van der Waals surface area contributed by atoms with E-state index in [2.05, 4.69) is 9.83 Å². The summed E-state index contributed by atoms with van der Waals surface area (Å²) in [5.41, 5.74) is 0.496. The summed E-state index contributed by atoms with van der Waals surface area (Å²) >= 11 is 5.70. The molecule has 0 aliphatic carbocycles. The van der Waals surface area contributed by atoms with Gasteiger partial charge in [-0.1, -0.05) is 11.6 Å². The Morgan fingerprint density at radius 3 is 2.85 bits per heavy atom. The lowest BCUT2D eigenvalue weighted by Crippen LogP contribution is -2.05. The largest absolute Gasteiger partial charge is 0.393 e. The van der Waals surface area contributed by atoms with Gasteiger partial charge < -0.3 is 10.2 Å². The Hall–Kier alpha value is -1.15. The Kier molecular flexibility index (Phi) is 3.20. The molecule has 0 saturated carbocycles. The van der Waals surface area contributed by atoms with E-state index in [1.807, 2.05) is 0 Å². The van der Waals surface area contributed by atoms with Gasteiger partial charge in [-0.05, 0) is 6.07 Å². The number of aliphatic hydroxyl groups excluding tert-OH is 2. The van der Waals surface area contributed by atoms with Crippen molar-refractivity contribution in [1.82, 2.24) is 4.98 Å². The minimum absolute atomic E-state index is 0.190. The molecule has 1 atom stereocenters. The predicted octanol–water partition coefficient (Wildman–Crippen LogP) is 1.31. The highest BCUT2D eigenvalue weighted by molar-refractivity contribution is 6.31. The van der Waals surface area contributed by atoms with E-state index in [0.717, 1.165) is 0 Å². The maximum atomic E-state index is 9.20. The van der Waals surface area contributed by atoms with Crippen LogP contribution in [0.15, 0.2) is 12.3 Å². The zero-order valence-electron chi connectivity index (χ0n) is 6.61. The molecule has 13 heavy (non-hydrogen) atoms. The molecule has 0 aliphatic rings. The average Bonchev–Trinajstić information content (AvgIpc) is 2.16. The van der Waals surface area contributed by atoms with Gasteiger partial charge in [0.25, 0.3) is 0 Å². The quantitative estimate of drug-likeness (QED) is 0.705. The molecule has 0 radical (unpaired) electrons. The number of aromatic nitrogens is 1. The van der Waals surface area contributed by atoms with Gasteiger partial charge in [-0.15, -0.1) is 0 Å². The summed E-state index contributed by atoms with van der Waals surface area (Å²) in [6.07, 6.45) is 0.208. The Balaban J connectivity index is 3.07. The van der Waals surface area contributed by atoms with Gasteiger partial charge in [0.15, 0.2) is 0 Å². The number of nitrogens with zero attached hydrogens (tertiary/aromatic N) is 2. The number of rotatable bonds is 2. The Labute approximate surface area is 80.2 Å². The molecule has 0 spiro atoms. The van der Waals surface area contributed by atoms with Crippen molar-refractivity contribution in [3.05, 3.63) is 34.4 Å². The number of hydrogen-bond acceptors (Lipinski definition) is 3. The summed E-state index contributed by atoms with van der Waals surface area (Å²) in [5.74, 6) is 0. The van der Waals surface area contributed by atoms with E-state index in [-0.39, 0.29) is 10.7 Å². The monoisotopic (exact) mass is 198 g/mol. The predicted molar refractivity (Wildman–Crippen MR) is 47.6 cm³/mol. The standard InChI is InChI=1S/C8H7ClN2O2/c1-10-5-2-6(9)8(11-3-5)7(13)4-12/h2-3,7,12-13H,4H2. The van der Waals surface area contributed by atoms with E-state index in [0.29, 0.717) is 5.69 Å². The first-order chi connectivity index (χ1) is 6.19. The lowest BCUT2D eigenvalue weighted by atomic mass is 10.2. The molecule has 1 heterocycles. The molecule has 0 amide bonds. The third-order valence-electron chi connectivity index (χ3n) is 1.47.